The van der Waals surface area contributed by atoms with Gasteiger partial charge in [0.1, 0.15) is 16.4 Å². The Labute approximate surface area is 172 Å². The lowest BCUT2D eigenvalue weighted by atomic mass is 10.1. The number of sulfonamides is 1. The normalized spacial score (nSPS) is 15.0. The molecule has 3 heterocycles. The molecule has 1 amide bonds. The van der Waals surface area contributed by atoms with E-state index >= 15 is 0 Å². The van der Waals surface area contributed by atoms with E-state index in [1.165, 1.54) is 40.4 Å². The summed E-state index contributed by atoms with van der Waals surface area (Å²) in [6, 6.07) is 5.14. The molecule has 1 saturated heterocycles. The van der Waals surface area contributed by atoms with Crippen LogP contribution >= 0.6 is 0 Å². The first-order valence-electron chi connectivity index (χ1n) is 10.1. The van der Waals surface area contributed by atoms with Gasteiger partial charge in [-0.3, -0.25) is 4.79 Å². The summed E-state index contributed by atoms with van der Waals surface area (Å²) >= 11 is 0. The third-order valence-corrected chi connectivity index (χ3v) is 7.26. The van der Waals surface area contributed by atoms with Crippen molar-refractivity contribution in [1.82, 2.24) is 13.9 Å². The second-order valence-electron chi connectivity index (χ2n) is 7.17. The largest absolute Gasteiger partial charge is 0.357 e. The van der Waals surface area contributed by atoms with Gasteiger partial charge < -0.3 is 14.8 Å². The summed E-state index contributed by atoms with van der Waals surface area (Å²) in [5.41, 5.74) is 0.848. The van der Waals surface area contributed by atoms with Gasteiger partial charge in [0.15, 0.2) is 0 Å². The van der Waals surface area contributed by atoms with Crippen LogP contribution in [0.4, 0.5) is 11.5 Å². The maximum Gasteiger partial charge on any atom is 0.272 e. The quantitative estimate of drug-likeness (QED) is 0.746. The molecule has 0 spiro atoms. The minimum absolute atomic E-state index is 0.118. The van der Waals surface area contributed by atoms with E-state index in [9.17, 15) is 13.2 Å². The second-order valence-corrected chi connectivity index (χ2v) is 9.11. The third-order valence-electron chi connectivity index (χ3n) is 5.24. The fourth-order valence-electron chi connectivity index (χ4n) is 3.58. The van der Waals surface area contributed by atoms with Crippen molar-refractivity contribution in [2.24, 2.45) is 7.05 Å². The number of nitrogens with zero attached hydrogens (tertiary/aromatic N) is 4. The Morgan fingerprint density at radius 2 is 1.86 bits per heavy atom. The van der Waals surface area contributed by atoms with Crippen LogP contribution in [0.25, 0.3) is 0 Å². The molecular formula is C20H29N5O3S. The van der Waals surface area contributed by atoms with E-state index in [-0.39, 0.29) is 16.5 Å². The number of carbonyl (C=O) groups excluding carboxylic acids is 1. The van der Waals surface area contributed by atoms with Gasteiger partial charge in [-0.2, -0.15) is 4.31 Å². The molecule has 8 nitrogen and oxygen atoms in total. The number of anilines is 2. The number of amides is 1. The highest BCUT2D eigenvalue weighted by atomic mass is 32.2. The van der Waals surface area contributed by atoms with Gasteiger partial charge in [-0.15, -0.1) is 0 Å². The highest BCUT2D eigenvalue weighted by Crippen LogP contribution is 2.21. The zero-order valence-electron chi connectivity index (χ0n) is 17.3. The van der Waals surface area contributed by atoms with Crippen LogP contribution in [-0.2, 0) is 17.1 Å². The molecule has 0 bridgehead atoms. The standard InChI is InChI=1S/C20H29N5O3S/c1-4-25(5-2)29(27,28)17-13-18(23(3)15-17)20(26)22-16-9-10-19(21-14-16)24-11-7-6-8-12-24/h9-10,13-15H,4-8,11-12H2,1-3H3,(H,22,26). The molecule has 2 aromatic heterocycles. The maximum atomic E-state index is 12.7. The number of hydrogen-bond acceptors (Lipinski definition) is 5. The van der Waals surface area contributed by atoms with Gasteiger partial charge in [-0.05, 0) is 37.5 Å². The summed E-state index contributed by atoms with van der Waals surface area (Å²) in [5, 5.41) is 2.80. The SMILES string of the molecule is CCN(CC)S(=O)(=O)c1cc(C(=O)Nc2ccc(N3CCCCC3)nc2)n(C)c1. The molecule has 29 heavy (non-hydrogen) atoms. The third kappa shape index (κ3) is 4.62. The maximum absolute atomic E-state index is 12.7. The zero-order chi connectivity index (χ0) is 21.0. The van der Waals surface area contributed by atoms with Crippen LogP contribution in [0.3, 0.4) is 0 Å². The monoisotopic (exact) mass is 419 g/mol. The van der Waals surface area contributed by atoms with Gasteiger partial charge in [0.05, 0.1) is 11.9 Å². The van der Waals surface area contributed by atoms with Gasteiger partial charge >= 0.3 is 0 Å². The van der Waals surface area contributed by atoms with Crippen molar-refractivity contribution in [1.29, 1.82) is 0 Å². The first-order chi connectivity index (χ1) is 13.9. The number of carbonyl (C=O) groups is 1. The van der Waals surface area contributed by atoms with Gasteiger partial charge in [-0.1, -0.05) is 13.8 Å². The Morgan fingerprint density at radius 3 is 2.45 bits per heavy atom. The summed E-state index contributed by atoms with van der Waals surface area (Å²) in [7, 11) is -1.95. The van der Waals surface area contributed by atoms with E-state index in [4.69, 9.17) is 0 Å². The van der Waals surface area contributed by atoms with E-state index in [1.54, 1.807) is 27.1 Å². The van der Waals surface area contributed by atoms with Crippen LogP contribution in [0.5, 0.6) is 0 Å². The molecule has 1 aliphatic heterocycles. The number of pyridine rings is 1. The first kappa shape index (κ1) is 21.3. The molecule has 0 atom stereocenters. The van der Waals surface area contributed by atoms with Crippen molar-refractivity contribution in [3.8, 4) is 0 Å². The van der Waals surface area contributed by atoms with Crippen molar-refractivity contribution in [3.05, 3.63) is 36.3 Å². The minimum Gasteiger partial charge on any atom is -0.357 e. The lowest BCUT2D eigenvalue weighted by molar-refractivity contribution is 0.101. The van der Waals surface area contributed by atoms with Crippen LogP contribution in [0, 0.1) is 0 Å². The minimum atomic E-state index is -3.61. The molecule has 9 heteroatoms. The van der Waals surface area contributed by atoms with Gasteiger partial charge in [0.25, 0.3) is 5.91 Å². The summed E-state index contributed by atoms with van der Waals surface area (Å²) in [6.07, 6.45) is 6.71. The average Bonchev–Trinajstić information content (AvgIpc) is 3.13. The molecule has 1 fully saturated rings. The molecular weight excluding hydrogens is 390 g/mol. The lowest BCUT2D eigenvalue weighted by Gasteiger charge is -2.27. The van der Waals surface area contributed by atoms with E-state index in [0.717, 1.165) is 18.9 Å². The fraction of sp³-hybridized carbons (Fsp3) is 0.500. The molecule has 1 aliphatic rings. The van der Waals surface area contributed by atoms with Crippen molar-refractivity contribution >= 4 is 27.4 Å². The van der Waals surface area contributed by atoms with E-state index in [2.05, 4.69) is 15.2 Å². The summed E-state index contributed by atoms with van der Waals surface area (Å²) in [6.45, 7) is 6.35. The highest BCUT2D eigenvalue weighted by molar-refractivity contribution is 7.89. The molecule has 0 unspecified atom stereocenters. The van der Waals surface area contributed by atoms with Crippen LogP contribution in [-0.4, -0.2) is 54.4 Å². The number of rotatable bonds is 7. The summed E-state index contributed by atoms with van der Waals surface area (Å²) in [5.74, 6) is 0.537. The Kier molecular flexibility index (Phi) is 6.59. The van der Waals surface area contributed by atoms with E-state index in [0.29, 0.717) is 18.8 Å². The molecule has 0 saturated carbocycles. The molecule has 0 aromatic carbocycles. The van der Waals surface area contributed by atoms with E-state index < -0.39 is 10.0 Å². The van der Waals surface area contributed by atoms with Crippen molar-refractivity contribution < 1.29 is 13.2 Å². The Morgan fingerprint density at radius 1 is 1.17 bits per heavy atom. The predicted molar refractivity (Wildman–Crippen MR) is 114 cm³/mol. The smallest absolute Gasteiger partial charge is 0.272 e. The van der Waals surface area contributed by atoms with Crippen LogP contribution in [0.2, 0.25) is 0 Å². The molecule has 158 valence electrons. The Balaban J connectivity index is 1.73. The second kappa shape index (κ2) is 8.96. The summed E-state index contributed by atoms with van der Waals surface area (Å²) < 4.78 is 28.3. The molecule has 0 aliphatic carbocycles. The number of piperidine rings is 1. The van der Waals surface area contributed by atoms with Crippen molar-refractivity contribution in [2.75, 3.05) is 36.4 Å². The van der Waals surface area contributed by atoms with Gasteiger partial charge in [0.2, 0.25) is 10.0 Å². The lowest BCUT2D eigenvalue weighted by Crippen LogP contribution is -2.30. The first-order valence-corrected chi connectivity index (χ1v) is 11.5. The highest BCUT2D eigenvalue weighted by Gasteiger charge is 2.25. The zero-order valence-corrected chi connectivity index (χ0v) is 18.1. The molecule has 3 rings (SSSR count). The van der Waals surface area contributed by atoms with E-state index in [1.807, 2.05) is 12.1 Å². The van der Waals surface area contributed by atoms with Gasteiger partial charge in [-0.25, -0.2) is 13.4 Å². The van der Waals surface area contributed by atoms with Crippen molar-refractivity contribution in [2.45, 2.75) is 38.0 Å². The average molecular weight is 420 g/mol. The molecule has 2 aromatic rings. The number of aromatic nitrogens is 2. The predicted octanol–water partition coefficient (Wildman–Crippen LogP) is 2.69. The molecule has 1 N–H and O–H groups in total. The van der Waals surface area contributed by atoms with Crippen LogP contribution < -0.4 is 10.2 Å². The number of aryl methyl sites for hydroxylation is 1. The van der Waals surface area contributed by atoms with Gasteiger partial charge in [0, 0.05) is 39.4 Å². The fourth-order valence-corrected chi connectivity index (χ4v) is 5.11. The number of nitrogens with one attached hydrogen (secondary N) is 1. The van der Waals surface area contributed by atoms with Crippen molar-refractivity contribution in [3.63, 3.8) is 0 Å². The summed E-state index contributed by atoms with van der Waals surface area (Å²) in [4.78, 5) is 19.5. The topological polar surface area (TPSA) is 87.5 Å². The Bertz CT molecular complexity index is 943. The number of hydrogen-bond donors (Lipinski definition) is 1. The Hall–Kier alpha value is -2.39. The van der Waals surface area contributed by atoms with Crippen LogP contribution in [0.1, 0.15) is 43.6 Å². The van der Waals surface area contributed by atoms with Crippen LogP contribution in [0.15, 0.2) is 35.5 Å². The molecule has 0 radical (unpaired) electrons.